The predicted octanol–water partition coefficient (Wildman–Crippen LogP) is 8.46. The van der Waals surface area contributed by atoms with E-state index in [1.54, 1.807) is 0 Å². The Bertz CT molecular complexity index is 1540. The Morgan fingerprint density at radius 2 is 1.05 bits per heavy atom. The number of hydrogen-bond donors (Lipinski definition) is 0. The van der Waals surface area contributed by atoms with Gasteiger partial charge in [0.05, 0.1) is 50.0 Å². The van der Waals surface area contributed by atoms with Gasteiger partial charge >= 0.3 is 0 Å². The van der Waals surface area contributed by atoms with Crippen molar-refractivity contribution in [2.24, 2.45) is 0 Å². The van der Waals surface area contributed by atoms with Crippen molar-refractivity contribution in [3.8, 4) is 0 Å². The van der Waals surface area contributed by atoms with E-state index < -0.39 is 25.1 Å². The van der Waals surface area contributed by atoms with Crippen LogP contribution in [0.4, 0.5) is 22.7 Å². The molecule has 0 aliphatic carbocycles. The van der Waals surface area contributed by atoms with Crippen LogP contribution >= 0.6 is 46.2 Å². The molecule has 0 radical (unpaired) electrons. The number of thiophene rings is 2. The highest BCUT2D eigenvalue weighted by Gasteiger charge is 2.31. The van der Waals surface area contributed by atoms with Crippen molar-refractivity contribution >= 4 is 68.9 Å². The lowest BCUT2D eigenvalue weighted by atomic mass is 9.84. The second-order valence-corrected chi connectivity index (χ2v) is 13.3. The second-order valence-electron chi connectivity index (χ2n) is 8.46. The van der Waals surface area contributed by atoms with Crippen LogP contribution in [0.2, 0.25) is 0 Å². The first kappa shape index (κ1) is 29.1. The van der Waals surface area contributed by atoms with Crippen LogP contribution in [0.25, 0.3) is 0 Å². The maximum atomic E-state index is 11.5. The highest BCUT2D eigenvalue weighted by atomic mass is 32.2. The van der Waals surface area contributed by atoms with Crippen molar-refractivity contribution in [1.29, 1.82) is 0 Å². The zero-order valence-corrected chi connectivity index (χ0v) is 23.9. The van der Waals surface area contributed by atoms with E-state index in [9.17, 15) is 40.5 Å². The quantitative estimate of drug-likeness (QED) is 0.117. The summed E-state index contributed by atoms with van der Waals surface area (Å²) >= 11 is 5.25. The fraction of sp³-hybridized carbons (Fsp3) is 0.167. The molecule has 0 N–H and O–H groups in total. The smallest absolute Gasteiger partial charge is 0.258 e. The molecule has 16 heteroatoms. The zero-order valence-electron chi connectivity index (χ0n) is 20.7. The third-order valence-corrected chi connectivity index (χ3v) is 11.2. The Balaban J connectivity index is 1.59. The highest BCUT2D eigenvalue weighted by Crippen LogP contribution is 2.48. The normalized spacial score (nSPS) is 11.3. The summed E-state index contributed by atoms with van der Waals surface area (Å²) in [6, 6.07) is 14.7. The molecule has 0 saturated carbocycles. The minimum atomic E-state index is -0.676. The lowest BCUT2D eigenvalue weighted by molar-refractivity contribution is -0.396. The topological polar surface area (TPSA) is 173 Å². The van der Waals surface area contributed by atoms with Crippen molar-refractivity contribution in [2.75, 3.05) is 0 Å². The maximum absolute atomic E-state index is 11.5. The molecule has 2 heterocycles. The average molecular weight is 619 g/mol. The Morgan fingerprint density at radius 3 is 1.38 bits per heavy atom. The van der Waals surface area contributed by atoms with Gasteiger partial charge in [0, 0.05) is 27.3 Å². The number of nitro benzene ring substituents is 4. The van der Waals surface area contributed by atoms with E-state index in [1.807, 2.05) is 31.2 Å². The lowest BCUT2D eigenvalue weighted by Crippen LogP contribution is -2.19. The molecule has 0 unspecified atom stereocenters. The molecule has 2 aromatic carbocycles. The molecule has 0 saturated heterocycles. The van der Waals surface area contributed by atoms with E-state index in [1.165, 1.54) is 46.9 Å². The van der Waals surface area contributed by atoms with Crippen LogP contribution in [-0.4, -0.2) is 19.7 Å². The van der Waals surface area contributed by atoms with Crippen LogP contribution in [0.3, 0.4) is 0 Å². The molecule has 0 amide bonds. The minimum absolute atomic E-state index is 0.293. The molecular weight excluding hydrogens is 601 g/mol. The van der Waals surface area contributed by atoms with E-state index in [2.05, 4.69) is 6.92 Å². The molecule has 0 aliphatic heterocycles. The Morgan fingerprint density at radius 1 is 0.650 bits per heavy atom. The van der Waals surface area contributed by atoms with Gasteiger partial charge in [-0.15, -0.1) is 22.7 Å². The summed E-state index contributed by atoms with van der Waals surface area (Å²) < 4.78 is 1.55. The van der Waals surface area contributed by atoms with Crippen LogP contribution in [0, 0.1) is 40.5 Å². The first-order chi connectivity index (χ1) is 18.9. The van der Waals surface area contributed by atoms with E-state index in [0.29, 0.717) is 9.79 Å². The molecule has 0 fully saturated rings. The number of rotatable bonds is 11. The monoisotopic (exact) mass is 618 g/mol. The SMILES string of the molecule is CCC(C)(c1ccc(Sc2ccc([N+](=O)[O-])cc2[N+](=O)[O-])s1)c1ccc(Sc2ccc([N+](=O)[O-])cc2[N+](=O)[O-])s1. The summed E-state index contributed by atoms with van der Waals surface area (Å²) in [5.74, 6) is 0. The van der Waals surface area contributed by atoms with Gasteiger partial charge in [0.15, 0.2) is 0 Å². The van der Waals surface area contributed by atoms with Crippen LogP contribution in [-0.2, 0) is 5.41 Å². The third kappa shape index (κ3) is 5.99. The standard InChI is InChI=1S/C24H18N4O8S4/c1-3-24(2,20-8-10-22(39-20)37-18-6-4-14(25(29)30)12-16(18)27(33)34)21-9-11-23(40-21)38-19-7-5-15(26(31)32)13-17(19)28(35)36/h4-13H,3H2,1-2H3. The summed E-state index contributed by atoms with van der Waals surface area (Å²) in [6.45, 7) is 4.09. The molecule has 0 bridgehead atoms. The zero-order chi connectivity index (χ0) is 29.2. The number of hydrogen-bond acceptors (Lipinski definition) is 12. The first-order valence-electron chi connectivity index (χ1n) is 11.3. The van der Waals surface area contributed by atoms with Gasteiger partial charge in [-0.1, -0.05) is 30.4 Å². The predicted molar refractivity (Wildman–Crippen MR) is 153 cm³/mol. The molecule has 2 aromatic heterocycles. The van der Waals surface area contributed by atoms with E-state index in [4.69, 9.17) is 0 Å². The largest absolute Gasteiger partial charge is 0.290 e. The highest BCUT2D eigenvalue weighted by molar-refractivity contribution is 8.01. The van der Waals surface area contributed by atoms with Gasteiger partial charge in [0.25, 0.3) is 22.7 Å². The summed E-state index contributed by atoms with van der Waals surface area (Å²) in [4.78, 5) is 45.1. The Kier molecular flexibility index (Phi) is 8.53. The Labute approximate surface area is 242 Å². The van der Waals surface area contributed by atoms with Crippen molar-refractivity contribution in [3.63, 3.8) is 0 Å². The number of non-ortho nitro benzene ring substituents is 2. The second kappa shape index (κ2) is 11.7. The summed E-state index contributed by atoms with van der Waals surface area (Å²) in [6.07, 6.45) is 0.720. The van der Waals surface area contributed by atoms with Gasteiger partial charge in [-0.05, 0) is 49.7 Å². The minimum Gasteiger partial charge on any atom is -0.258 e. The molecular formula is C24H18N4O8S4. The fourth-order valence-electron chi connectivity index (χ4n) is 3.73. The number of nitro groups is 4. The van der Waals surface area contributed by atoms with Crippen molar-refractivity contribution in [2.45, 2.75) is 43.9 Å². The van der Waals surface area contributed by atoms with E-state index >= 15 is 0 Å². The van der Waals surface area contributed by atoms with Crippen molar-refractivity contribution in [3.05, 3.63) is 111 Å². The molecule has 206 valence electrons. The van der Waals surface area contributed by atoms with Gasteiger partial charge < -0.3 is 0 Å². The summed E-state index contributed by atoms with van der Waals surface area (Å²) in [7, 11) is 0. The van der Waals surface area contributed by atoms with Crippen LogP contribution in [0.1, 0.15) is 30.0 Å². The fourth-order valence-corrected chi connectivity index (χ4v) is 8.59. The van der Waals surface area contributed by atoms with Gasteiger partial charge in [-0.25, -0.2) is 0 Å². The molecule has 0 spiro atoms. The van der Waals surface area contributed by atoms with Crippen molar-refractivity contribution < 1.29 is 19.7 Å². The first-order valence-corrected chi connectivity index (χ1v) is 14.6. The molecule has 40 heavy (non-hydrogen) atoms. The van der Waals surface area contributed by atoms with Crippen LogP contribution < -0.4 is 0 Å². The number of benzene rings is 2. The lowest BCUT2D eigenvalue weighted by Gasteiger charge is -2.25. The Hall–Kier alpha value is -3.86. The summed E-state index contributed by atoms with van der Waals surface area (Å²) in [5.41, 5.74) is -1.81. The maximum Gasteiger partial charge on any atom is 0.290 e. The van der Waals surface area contributed by atoms with Gasteiger partial charge in [0.2, 0.25) is 0 Å². The van der Waals surface area contributed by atoms with Crippen LogP contribution in [0.5, 0.6) is 0 Å². The van der Waals surface area contributed by atoms with Gasteiger partial charge in [-0.2, -0.15) is 0 Å². The third-order valence-electron chi connectivity index (χ3n) is 6.08. The molecule has 12 nitrogen and oxygen atoms in total. The van der Waals surface area contributed by atoms with Crippen LogP contribution in [0.15, 0.2) is 78.9 Å². The number of nitrogens with zero attached hydrogens (tertiary/aromatic N) is 4. The molecule has 0 atom stereocenters. The summed E-state index contributed by atoms with van der Waals surface area (Å²) in [5, 5.41) is 45.1. The van der Waals surface area contributed by atoms with Gasteiger partial charge in [0.1, 0.15) is 0 Å². The molecule has 4 rings (SSSR count). The van der Waals surface area contributed by atoms with Gasteiger partial charge in [-0.3, -0.25) is 40.5 Å². The molecule has 4 aromatic rings. The molecule has 0 aliphatic rings. The van der Waals surface area contributed by atoms with E-state index in [0.717, 1.165) is 60.2 Å². The van der Waals surface area contributed by atoms with Crippen molar-refractivity contribution in [1.82, 2.24) is 0 Å². The van der Waals surface area contributed by atoms with E-state index in [-0.39, 0.29) is 22.7 Å². The average Bonchev–Trinajstić information content (AvgIpc) is 3.58.